The summed E-state index contributed by atoms with van der Waals surface area (Å²) in [5.41, 5.74) is 4.22. The molecular formula is C17H21. The zero-order valence-corrected chi connectivity index (χ0v) is 10.9. The highest BCUT2D eigenvalue weighted by molar-refractivity contribution is 5.88. The summed E-state index contributed by atoms with van der Waals surface area (Å²) < 4.78 is 0. The van der Waals surface area contributed by atoms with Gasteiger partial charge < -0.3 is 0 Å². The van der Waals surface area contributed by atoms with Gasteiger partial charge >= 0.3 is 0 Å². The quantitative estimate of drug-likeness (QED) is 0.692. The van der Waals surface area contributed by atoms with Crippen molar-refractivity contribution >= 4 is 10.8 Å². The Bertz CT molecular complexity index is 509. The van der Waals surface area contributed by atoms with Gasteiger partial charge in [-0.25, -0.2) is 0 Å². The molecule has 0 aliphatic carbocycles. The van der Waals surface area contributed by atoms with E-state index in [-0.39, 0.29) is 0 Å². The fourth-order valence-corrected chi connectivity index (χ4v) is 2.58. The summed E-state index contributed by atoms with van der Waals surface area (Å²) >= 11 is 0. The molecule has 89 valence electrons. The Morgan fingerprint density at radius 1 is 1.00 bits per heavy atom. The van der Waals surface area contributed by atoms with Gasteiger partial charge in [-0.2, -0.15) is 0 Å². The first-order valence-electron chi connectivity index (χ1n) is 6.63. The highest BCUT2D eigenvalue weighted by atomic mass is 14.1. The van der Waals surface area contributed by atoms with E-state index < -0.39 is 0 Å². The van der Waals surface area contributed by atoms with Gasteiger partial charge in [0, 0.05) is 0 Å². The van der Waals surface area contributed by atoms with Crippen LogP contribution in [-0.2, 0) is 12.8 Å². The van der Waals surface area contributed by atoms with Gasteiger partial charge in [0.25, 0.3) is 0 Å². The first-order chi connectivity index (χ1) is 8.27. The van der Waals surface area contributed by atoms with E-state index in [1.807, 2.05) is 0 Å². The average Bonchev–Trinajstić information content (AvgIpc) is 2.34. The van der Waals surface area contributed by atoms with E-state index in [0.29, 0.717) is 0 Å². The summed E-state index contributed by atoms with van der Waals surface area (Å²) in [7, 11) is 0. The minimum Gasteiger partial charge on any atom is -0.0651 e. The minimum atomic E-state index is 1.15. The molecule has 2 aromatic rings. The molecule has 1 radical (unpaired) electrons. The first kappa shape index (κ1) is 12.2. The smallest absolute Gasteiger partial charge is 0.0149 e. The van der Waals surface area contributed by atoms with Crippen molar-refractivity contribution in [1.29, 1.82) is 0 Å². The zero-order valence-electron chi connectivity index (χ0n) is 10.9. The molecule has 2 aromatic carbocycles. The molecule has 0 aliphatic heterocycles. The molecule has 0 nitrogen and oxygen atoms in total. The monoisotopic (exact) mass is 225 g/mol. The molecule has 0 bridgehead atoms. The summed E-state index contributed by atoms with van der Waals surface area (Å²) in [5, 5.41) is 2.65. The van der Waals surface area contributed by atoms with E-state index in [4.69, 9.17) is 0 Å². The highest BCUT2D eigenvalue weighted by Gasteiger charge is 2.08. The van der Waals surface area contributed by atoms with Crippen LogP contribution in [0.15, 0.2) is 30.3 Å². The van der Waals surface area contributed by atoms with Gasteiger partial charge in [0.05, 0.1) is 0 Å². The Morgan fingerprint density at radius 2 is 1.71 bits per heavy atom. The Balaban J connectivity index is 2.65. The molecule has 0 atom stereocenters. The Labute approximate surface area is 105 Å². The molecule has 0 amide bonds. The van der Waals surface area contributed by atoms with Crippen LogP contribution in [0, 0.1) is 6.92 Å². The molecule has 0 saturated heterocycles. The van der Waals surface area contributed by atoms with Gasteiger partial charge in [-0.3, -0.25) is 0 Å². The minimum absolute atomic E-state index is 1.15. The van der Waals surface area contributed by atoms with Gasteiger partial charge in [0.2, 0.25) is 0 Å². The maximum atomic E-state index is 4.31. The third-order valence-electron chi connectivity index (χ3n) is 3.39. The topological polar surface area (TPSA) is 0 Å². The Hall–Kier alpha value is -1.30. The average molecular weight is 225 g/mol. The molecule has 0 N–H and O–H groups in total. The first-order valence-corrected chi connectivity index (χ1v) is 6.63. The van der Waals surface area contributed by atoms with Crippen molar-refractivity contribution in [3.8, 4) is 0 Å². The summed E-state index contributed by atoms with van der Waals surface area (Å²) in [6.07, 6.45) is 4.72. The normalized spacial score (nSPS) is 11.0. The second-order valence-electron chi connectivity index (χ2n) is 4.71. The summed E-state index contributed by atoms with van der Waals surface area (Å²) in [5.74, 6) is 0. The number of hydrogen-bond acceptors (Lipinski definition) is 0. The van der Waals surface area contributed by atoms with Gasteiger partial charge in [0.15, 0.2) is 0 Å². The van der Waals surface area contributed by atoms with Crippen LogP contribution >= 0.6 is 0 Å². The van der Waals surface area contributed by atoms with Crippen LogP contribution in [-0.4, -0.2) is 0 Å². The predicted molar refractivity (Wildman–Crippen MR) is 76.4 cm³/mol. The standard InChI is InChI=1S/C17H21/c1-4-8-14-12-15-10-6-7-11-17(15)13(3)16(14)9-5-2/h6-7,10-12H,3-5,8-9H2,1-2H3. The van der Waals surface area contributed by atoms with Crippen LogP contribution in [0.3, 0.4) is 0 Å². The predicted octanol–water partition coefficient (Wildman–Crippen LogP) is 4.93. The van der Waals surface area contributed by atoms with E-state index in [0.717, 1.165) is 6.42 Å². The largest absolute Gasteiger partial charge is 0.0651 e. The van der Waals surface area contributed by atoms with E-state index in [1.165, 1.54) is 46.7 Å². The summed E-state index contributed by atoms with van der Waals surface area (Å²) in [6.45, 7) is 8.79. The lowest BCUT2D eigenvalue weighted by molar-refractivity contribution is 0.861. The molecular weight excluding hydrogens is 204 g/mol. The van der Waals surface area contributed by atoms with Crippen molar-refractivity contribution in [2.24, 2.45) is 0 Å². The lowest BCUT2D eigenvalue weighted by Gasteiger charge is -2.14. The number of hydrogen-bond donors (Lipinski definition) is 0. The van der Waals surface area contributed by atoms with Gasteiger partial charge in [-0.1, -0.05) is 57.0 Å². The van der Waals surface area contributed by atoms with Crippen LogP contribution in [0.1, 0.15) is 43.4 Å². The number of aryl methyl sites for hydroxylation is 1. The number of fused-ring (bicyclic) bond motifs is 1. The molecule has 0 heteroatoms. The van der Waals surface area contributed by atoms with Crippen LogP contribution in [0.2, 0.25) is 0 Å². The van der Waals surface area contributed by atoms with Crippen molar-refractivity contribution in [1.82, 2.24) is 0 Å². The molecule has 2 rings (SSSR count). The molecule has 0 saturated carbocycles. The van der Waals surface area contributed by atoms with Crippen LogP contribution in [0.5, 0.6) is 0 Å². The summed E-state index contributed by atoms with van der Waals surface area (Å²) in [6, 6.07) is 11.0. The molecule has 0 aliphatic rings. The lowest BCUT2D eigenvalue weighted by Crippen LogP contribution is -1.98. The highest BCUT2D eigenvalue weighted by Crippen LogP contribution is 2.27. The van der Waals surface area contributed by atoms with Crippen LogP contribution in [0.4, 0.5) is 0 Å². The third-order valence-corrected chi connectivity index (χ3v) is 3.39. The van der Waals surface area contributed by atoms with Gasteiger partial charge in [-0.05, 0) is 47.2 Å². The molecule has 0 fully saturated rings. The molecule has 0 spiro atoms. The van der Waals surface area contributed by atoms with E-state index in [2.05, 4.69) is 51.1 Å². The number of rotatable bonds is 4. The fraction of sp³-hybridized carbons (Fsp3) is 0.353. The van der Waals surface area contributed by atoms with Crippen LogP contribution in [0.25, 0.3) is 10.8 Å². The van der Waals surface area contributed by atoms with Crippen molar-refractivity contribution in [2.45, 2.75) is 39.5 Å². The lowest BCUT2D eigenvalue weighted by atomic mass is 9.90. The van der Waals surface area contributed by atoms with Crippen molar-refractivity contribution < 1.29 is 0 Å². The van der Waals surface area contributed by atoms with E-state index in [9.17, 15) is 0 Å². The van der Waals surface area contributed by atoms with Crippen LogP contribution < -0.4 is 0 Å². The second kappa shape index (κ2) is 5.35. The molecule has 17 heavy (non-hydrogen) atoms. The van der Waals surface area contributed by atoms with E-state index >= 15 is 0 Å². The van der Waals surface area contributed by atoms with Crippen molar-refractivity contribution in [3.05, 3.63) is 53.9 Å². The van der Waals surface area contributed by atoms with E-state index in [1.54, 1.807) is 0 Å². The third kappa shape index (κ3) is 2.36. The Morgan fingerprint density at radius 3 is 2.41 bits per heavy atom. The fourth-order valence-electron chi connectivity index (χ4n) is 2.58. The maximum Gasteiger partial charge on any atom is -0.0149 e. The van der Waals surface area contributed by atoms with Crippen molar-refractivity contribution in [2.75, 3.05) is 0 Å². The summed E-state index contributed by atoms with van der Waals surface area (Å²) in [4.78, 5) is 0. The SMILES string of the molecule is [CH2]c1c(CCC)c(CCC)cc2ccccc12. The molecule has 0 aromatic heterocycles. The Kier molecular flexibility index (Phi) is 3.83. The molecule has 0 unspecified atom stereocenters. The molecule has 0 heterocycles. The zero-order chi connectivity index (χ0) is 12.3. The van der Waals surface area contributed by atoms with Gasteiger partial charge in [-0.15, -0.1) is 0 Å². The maximum absolute atomic E-state index is 4.31. The second-order valence-corrected chi connectivity index (χ2v) is 4.71. The van der Waals surface area contributed by atoms with Crippen molar-refractivity contribution in [3.63, 3.8) is 0 Å². The van der Waals surface area contributed by atoms with Gasteiger partial charge in [0.1, 0.15) is 0 Å². The number of benzene rings is 2.